The van der Waals surface area contributed by atoms with Crippen molar-refractivity contribution in [3.05, 3.63) is 45.9 Å². The Kier molecular flexibility index (Phi) is 9.68. The number of halogens is 1. The second kappa shape index (κ2) is 10.9. The van der Waals surface area contributed by atoms with Crippen LogP contribution >= 0.6 is 47.1 Å². The zero-order valence-electron chi connectivity index (χ0n) is 14.5. The number of hydrogen-bond acceptors (Lipinski definition) is 4. The van der Waals surface area contributed by atoms with Gasteiger partial charge in [-0.3, -0.25) is 4.99 Å². The van der Waals surface area contributed by atoms with Gasteiger partial charge in [0.05, 0.1) is 12.2 Å². The van der Waals surface area contributed by atoms with Crippen molar-refractivity contribution < 1.29 is 0 Å². The zero-order valence-corrected chi connectivity index (χ0v) is 18.5. The molecule has 1 aromatic heterocycles. The Morgan fingerprint density at radius 2 is 1.88 bits per heavy atom. The Morgan fingerprint density at radius 3 is 2.42 bits per heavy atom. The maximum absolute atomic E-state index is 4.62. The summed E-state index contributed by atoms with van der Waals surface area (Å²) < 4.78 is 0. The van der Waals surface area contributed by atoms with E-state index in [1.807, 2.05) is 0 Å². The van der Waals surface area contributed by atoms with E-state index in [0.29, 0.717) is 12.5 Å². The molecular weight excluding hydrogens is 451 g/mol. The molecule has 0 spiro atoms. The molecule has 1 aromatic carbocycles. The average molecular weight is 476 g/mol. The molecule has 2 N–H and O–H groups in total. The normalized spacial score (nSPS) is 11.3. The first kappa shape index (κ1) is 21.2. The smallest absolute Gasteiger partial charge is 0.191 e. The lowest BCUT2D eigenvalue weighted by Crippen LogP contribution is -2.36. The van der Waals surface area contributed by atoms with E-state index in [9.17, 15) is 0 Å². The largest absolute Gasteiger partial charge is 0.352 e. The molecule has 0 radical (unpaired) electrons. The topological polar surface area (TPSA) is 49.3 Å². The highest BCUT2D eigenvalue weighted by molar-refractivity contribution is 14.0. The number of rotatable bonds is 6. The molecule has 0 amide bonds. The van der Waals surface area contributed by atoms with Gasteiger partial charge in [-0.15, -0.1) is 47.1 Å². The summed E-state index contributed by atoms with van der Waals surface area (Å²) in [7, 11) is 1.79. The second-order valence-corrected chi connectivity index (χ2v) is 7.27. The van der Waals surface area contributed by atoms with E-state index in [1.165, 1.54) is 10.5 Å². The van der Waals surface area contributed by atoms with Gasteiger partial charge in [-0.2, -0.15) is 0 Å². The molecule has 7 heteroatoms. The molecule has 0 atom stereocenters. The Balaban J connectivity index is 0.00000288. The minimum Gasteiger partial charge on any atom is -0.352 e. The molecule has 4 nitrogen and oxygen atoms in total. The Hall–Kier alpha value is -0.800. The number of thioether (sulfide) groups is 1. The van der Waals surface area contributed by atoms with Crippen LogP contribution in [0, 0.1) is 0 Å². The molecule has 0 aliphatic heterocycles. The molecule has 0 unspecified atom stereocenters. The van der Waals surface area contributed by atoms with Crippen LogP contribution in [0.5, 0.6) is 0 Å². The standard InChI is InChI=1S/C17H24N4S2.HI/c1-12(2)15-11-23-16(21-15)10-20-17(18-3)19-9-13-5-7-14(22-4)8-6-13;/h5-8,11-12H,9-10H2,1-4H3,(H2,18,19,20);1H. The molecule has 2 aromatic rings. The summed E-state index contributed by atoms with van der Waals surface area (Å²) in [6, 6.07) is 8.56. The fourth-order valence-electron chi connectivity index (χ4n) is 1.98. The van der Waals surface area contributed by atoms with E-state index < -0.39 is 0 Å². The number of nitrogens with zero attached hydrogens (tertiary/aromatic N) is 2. The van der Waals surface area contributed by atoms with Gasteiger partial charge in [-0.05, 0) is 29.9 Å². The molecule has 0 saturated carbocycles. The third-order valence-electron chi connectivity index (χ3n) is 3.41. The number of thiazole rings is 1. The van der Waals surface area contributed by atoms with Gasteiger partial charge in [-0.25, -0.2) is 4.98 Å². The average Bonchev–Trinajstić information content (AvgIpc) is 3.05. The predicted molar refractivity (Wildman–Crippen MR) is 117 cm³/mol. The summed E-state index contributed by atoms with van der Waals surface area (Å²) in [6.45, 7) is 5.77. The molecule has 0 saturated heterocycles. The number of hydrogen-bond donors (Lipinski definition) is 2. The van der Waals surface area contributed by atoms with Crippen LogP contribution < -0.4 is 10.6 Å². The van der Waals surface area contributed by atoms with Crippen molar-refractivity contribution in [3.8, 4) is 0 Å². The molecule has 24 heavy (non-hydrogen) atoms. The Bertz CT molecular complexity index is 638. The third kappa shape index (κ3) is 6.60. The third-order valence-corrected chi connectivity index (χ3v) is 5.02. The van der Waals surface area contributed by atoms with E-state index in [1.54, 1.807) is 30.1 Å². The lowest BCUT2D eigenvalue weighted by molar-refractivity contribution is 0.785. The van der Waals surface area contributed by atoms with Crippen LogP contribution in [0.2, 0.25) is 0 Å². The van der Waals surface area contributed by atoms with E-state index >= 15 is 0 Å². The summed E-state index contributed by atoms with van der Waals surface area (Å²) in [6.07, 6.45) is 2.09. The number of guanidine groups is 1. The number of aliphatic imine (C=N–C) groups is 1. The van der Waals surface area contributed by atoms with Gasteiger partial charge in [0.15, 0.2) is 5.96 Å². The molecule has 0 bridgehead atoms. The predicted octanol–water partition coefficient (Wildman–Crippen LogP) is 4.47. The number of aromatic nitrogens is 1. The highest BCUT2D eigenvalue weighted by Crippen LogP contribution is 2.17. The molecule has 0 aliphatic carbocycles. The monoisotopic (exact) mass is 476 g/mol. The molecular formula is C17H25IN4S2. The summed E-state index contributed by atoms with van der Waals surface area (Å²) in [5.41, 5.74) is 2.39. The fourth-order valence-corrected chi connectivity index (χ4v) is 3.28. The van der Waals surface area contributed by atoms with E-state index in [-0.39, 0.29) is 24.0 Å². The summed E-state index contributed by atoms with van der Waals surface area (Å²) in [5.74, 6) is 1.27. The first-order valence-corrected chi connectivity index (χ1v) is 9.74. The van der Waals surface area contributed by atoms with Crippen LogP contribution in [-0.4, -0.2) is 24.2 Å². The van der Waals surface area contributed by atoms with E-state index in [0.717, 1.165) is 23.2 Å². The van der Waals surface area contributed by atoms with Crippen LogP contribution in [0.4, 0.5) is 0 Å². The molecule has 1 heterocycles. The summed E-state index contributed by atoms with van der Waals surface area (Å²) in [4.78, 5) is 10.2. The van der Waals surface area contributed by atoms with Crippen molar-refractivity contribution in [2.45, 2.75) is 37.8 Å². The fraction of sp³-hybridized carbons (Fsp3) is 0.412. The van der Waals surface area contributed by atoms with Crippen LogP contribution in [0.3, 0.4) is 0 Å². The van der Waals surface area contributed by atoms with Gasteiger partial charge < -0.3 is 10.6 Å². The van der Waals surface area contributed by atoms with Crippen LogP contribution in [0.25, 0.3) is 0 Å². The van der Waals surface area contributed by atoms with Crippen molar-refractivity contribution in [1.29, 1.82) is 0 Å². The van der Waals surface area contributed by atoms with Gasteiger partial charge in [0, 0.05) is 23.9 Å². The van der Waals surface area contributed by atoms with E-state index in [4.69, 9.17) is 0 Å². The van der Waals surface area contributed by atoms with Crippen LogP contribution in [-0.2, 0) is 13.1 Å². The quantitative estimate of drug-likeness (QED) is 0.280. The summed E-state index contributed by atoms with van der Waals surface area (Å²) >= 11 is 3.44. The lowest BCUT2D eigenvalue weighted by atomic mass is 10.2. The van der Waals surface area contributed by atoms with Crippen LogP contribution in [0.15, 0.2) is 39.5 Å². The van der Waals surface area contributed by atoms with Gasteiger partial charge in [0.2, 0.25) is 0 Å². The van der Waals surface area contributed by atoms with Crippen molar-refractivity contribution in [2.75, 3.05) is 13.3 Å². The van der Waals surface area contributed by atoms with Crippen molar-refractivity contribution >= 4 is 53.0 Å². The number of nitrogens with one attached hydrogen (secondary N) is 2. The van der Waals surface area contributed by atoms with Crippen molar-refractivity contribution in [3.63, 3.8) is 0 Å². The van der Waals surface area contributed by atoms with Crippen molar-refractivity contribution in [2.24, 2.45) is 4.99 Å². The maximum Gasteiger partial charge on any atom is 0.191 e. The van der Waals surface area contributed by atoms with Gasteiger partial charge in [0.1, 0.15) is 5.01 Å². The summed E-state index contributed by atoms with van der Waals surface area (Å²) in [5, 5.41) is 9.86. The van der Waals surface area contributed by atoms with Gasteiger partial charge in [0.25, 0.3) is 0 Å². The van der Waals surface area contributed by atoms with Gasteiger partial charge >= 0.3 is 0 Å². The minimum absolute atomic E-state index is 0. The Labute approximate surface area is 170 Å². The highest BCUT2D eigenvalue weighted by atomic mass is 127. The highest BCUT2D eigenvalue weighted by Gasteiger charge is 2.06. The maximum atomic E-state index is 4.62. The van der Waals surface area contributed by atoms with Gasteiger partial charge in [-0.1, -0.05) is 26.0 Å². The van der Waals surface area contributed by atoms with E-state index in [2.05, 4.69) is 70.4 Å². The lowest BCUT2D eigenvalue weighted by Gasteiger charge is -2.11. The Morgan fingerprint density at radius 1 is 1.21 bits per heavy atom. The first-order chi connectivity index (χ1) is 11.1. The minimum atomic E-state index is 0. The SMILES string of the molecule is CN=C(NCc1ccc(SC)cc1)NCc1nc(C(C)C)cs1.I. The van der Waals surface area contributed by atoms with Crippen molar-refractivity contribution in [1.82, 2.24) is 15.6 Å². The molecule has 0 aliphatic rings. The molecule has 2 rings (SSSR count). The molecule has 132 valence electrons. The van der Waals surface area contributed by atoms with Crippen LogP contribution in [0.1, 0.15) is 36.0 Å². The molecule has 0 fully saturated rings. The first-order valence-electron chi connectivity index (χ1n) is 7.64. The number of benzene rings is 1. The second-order valence-electron chi connectivity index (χ2n) is 5.45. The zero-order chi connectivity index (χ0) is 16.7.